The number of sulfonamides is 1. The fourth-order valence-electron chi connectivity index (χ4n) is 3.38. The molecule has 2 N–H and O–H groups in total. The van der Waals surface area contributed by atoms with Crippen molar-refractivity contribution in [1.82, 2.24) is 4.37 Å². The van der Waals surface area contributed by atoms with E-state index in [1.807, 2.05) is 6.92 Å². The molecule has 0 saturated carbocycles. The third-order valence-corrected chi connectivity index (χ3v) is 7.05. The van der Waals surface area contributed by atoms with Gasteiger partial charge in [-0.25, -0.2) is 8.42 Å². The standard InChI is InChI=1S/C23H33N3O6S2/c1-5-8-9-10-19(21(22(27)31-6-2)23(28)32-7-3)24-17-11-13-18(14-12-17)34(29,30)26-20-15-16(4)33-25-20/h11-15,19,21,24H,5-10H2,1-4H3,(H,25,26)/t19-/m0/s1. The molecule has 0 unspecified atom stereocenters. The summed E-state index contributed by atoms with van der Waals surface area (Å²) in [5.74, 6) is -2.14. The molecule has 0 saturated heterocycles. The fourth-order valence-corrected chi connectivity index (χ4v) is 4.94. The second-order valence-corrected chi connectivity index (χ2v) is 10.4. The fraction of sp³-hybridized carbons (Fsp3) is 0.522. The van der Waals surface area contributed by atoms with Crippen LogP contribution in [0.4, 0.5) is 11.5 Å². The lowest BCUT2D eigenvalue weighted by atomic mass is 9.94. The normalized spacial score (nSPS) is 12.3. The predicted octanol–water partition coefficient (Wildman–Crippen LogP) is 4.36. The van der Waals surface area contributed by atoms with Gasteiger partial charge in [-0.1, -0.05) is 26.2 Å². The average molecular weight is 512 g/mol. The maximum atomic E-state index is 12.7. The Morgan fingerprint density at radius 3 is 2.15 bits per heavy atom. The molecule has 11 heteroatoms. The van der Waals surface area contributed by atoms with Crippen LogP contribution in [0.25, 0.3) is 0 Å². The molecule has 9 nitrogen and oxygen atoms in total. The molecule has 188 valence electrons. The summed E-state index contributed by atoms with van der Waals surface area (Å²) in [6.07, 6.45) is 3.26. The number of unbranched alkanes of at least 4 members (excludes halogenated alkanes) is 2. The van der Waals surface area contributed by atoms with Crippen molar-refractivity contribution in [3.8, 4) is 0 Å². The van der Waals surface area contributed by atoms with E-state index in [9.17, 15) is 18.0 Å². The molecule has 1 aromatic heterocycles. The summed E-state index contributed by atoms with van der Waals surface area (Å²) in [6, 6.07) is 7.20. The number of nitrogens with one attached hydrogen (secondary N) is 2. The van der Waals surface area contributed by atoms with Gasteiger partial charge in [0.05, 0.1) is 24.2 Å². The van der Waals surface area contributed by atoms with Crippen LogP contribution in [0.5, 0.6) is 0 Å². The van der Waals surface area contributed by atoms with E-state index in [4.69, 9.17) is 9.47 Å². The van der Waals surface area contributed by atoms with Crippen molar-refractivity contribution < 1.29 is 27.5 Å². The molecule has 0 aliphatic carbocycles. The first kappa shape index (κ1) is 27.6. The van der Waals surface area contributed by atoms with Crippen LogP contribution in [-0.2, 0) is 29.1 Å². The Morgan fingerprint density at radius 1 is 1.03 bits per heavy atom. The molecular weight excluding hydrogens is 478 g/mol. The highest BCUT2D eigenvalue weighted by Gasteiger charge is 2.37. The number of rotatable bonds is 14. The highest BCUT2D eigenvalue weighted by atomic mass is 32.2. The van der Waals surface area contributed by atoms with E-state index in [1.165, 1.54) is 23.7 Å². The number of esters is 2. The second kappa shape index (κ2) is 13.3. The SMILES string of the molecule is CCCCC[C@H](Nc1ccc(S(=O)(=O)Nc2cc(C)sn2)cc1)C(C(=O)OCC)C(=O)OCC. The molecule has 0 radical (unpaired) electrons. The third kappa shape index (κ3) is 7.98. The second-order valence-electron chi connectivity index (χ2n) is 7.68. The number of carbonyl (C=O) groups excluding carboxylic acids is 2. The smallest absolute Gasteiger partial charge is 0.322 e. The molecule has 1 heterocycles. The Balaban J connectivity index is 2.24. The zero-order valence-corrected chi connectivity index (χ0v) is 21.6. The highest BCUT2D eigenvalue weighted by molar-refractivity contribution is 7.92. The van der Waals surface area contributed by atoms with E-state index in [0.29, 0.717) is 12.1 Å². The predicted molar refractivity (Wildman–Crippen MR) is 132 cm³/mol. The van der Waals surface area contributed by atoms with E-state index in [0.717, 1.165) is 24.1 Å². The van der Waals surface area contributed by atoms with Crippen LogP contribution in [0.3, 0.4) is 0 Å². The van der Waals surface area contributed by atoms with Crippen LogP contribution in [-0.4, -0.2) is 44.0 Å². The number of benzene rings is 1. The Bertz CT molecular complexity index is 1020. The summed E-state index contributed by atoms with van der Waals surface area (Å²) in [5.41, 5.74) is 0.573. The largest absolute Gasteiger partial charge is 0.465 e. The molecule has 0 amide bonds. The van der Waals surface area contributed by atoms with Gasteiger partial charge in [0, 0.05) is 10.6 Å². The monoisotopic (exact) mass is 511 g/mol. The van der Waals surface area contributed by atoms with Gasteiger partial charge in [-0.3, -0.25) is 14.3 Å². The topological polar surface area (TPSA) is 124 Å². The van der Waals surface area contributed by atoms with Crippen molar-refractivity contribution in [1.29, 1.82) is 0 Å². The minimum Gasteiger partial charge on any atom is -0.465 e. The van der Waals surface area contributed by atoms with Crippen LogP contribution in [0.1, 0.15) is 51.3 Å². The lowest BCUT2D eigenvalue weighted by Gasteiger charge is -2.26. The molecule has 0 aliphatic heterocycles. The van der Waals surface area contributed by atoms with Crippen LogP contribution in [0.15, 0.2) is 35.2 Å². The Morgan fingerprint density at radius 2 is 1.65 bits per heavy atom. The van der Waals surface area contributed by atoms with Crippen LogP contribution in [0.2, 0.25) is 0 Å². The van der Waals surface area contributed by atoms with Crippen molar-refractivity contribution in [3.63, 3.8) is 0 Å². The Hall–Kier alpha value is -2.66. The van der Waals surface area contributed by atoms with E-state index >= 15 is 0 Å². The minimum atomic E-state index is -3.80. The molecule has 2 aromatic rings. The number of nitrogens with zero attached hydrogens (tertiary/aromatic N) is 1. The van der Waals surface area contributed by atoms with Gasteiger partial charge in [-0.15, -0.1) is 0 Å². The van der Waals surface area contributed by atoms with Gasteiger partial charge in [0.2, 0.25) is 0 Å². The molecule has 0 aliphatic rings. The van der Waals surface area contributed by atoms with Crippen molar-refractivity contribution >= 4 is 45.0 Å². The maximum Gasteiger partial charge on any atom is 0.322 e. The number of carbonyl (C=O) groups is 2. The summed E-state index contributed by atoms with van der Waals surface area (Å²) in [7, 11) is -3.80. The van der Waals surface area contributed by atoms with Crippen molar-refractivity contribution in [2.75, 3.05) is 23.3 Å². The summed E-state index contributed by atoms with van der Waals surface area (Å²) in [5, 5.41) is 3.22. The van der Waals surface area contributed by atoms with E-state index < -0.39 is 33.9 Å². The summed E-state index contributed by atoms with van der Waals surface area (Å²) in [6.45, 7) is 7.56. The minimum absolute atomic E-state index is 0.0681. The molecule has 34 heavy (non-hydrogen) atoms. The van der Waals surface area contributed by atoms with Gasteiger partial charge in [-0.05, 0) is 69.1 Å². The Labute approximate surface area is 205 Å². The van der Waals surface area contributed by atoms with Gasteiger partial charge in [0.1, 0.15) is 0 Å². The molecule has 1 aromatic carbocycles. The first-order valence-corrected chi connectivity index (χ1v) is 13.6. The van der Waals surface area contributed by atoms with Gasteiger partial charge in [-0.2, -0.15) is 4.37 Å². The summed E-state index contributed by atoms with van der Waals surface area (Å²) in [4.78, 5) is 26.2. The zero-order valence-electron chi connectivity index (χ0n) is 20.0. The first-order valence-electron chi connectivity index (χ1n) is 11.4. The summed E-state index contributed by atoms with van der Waals surface area (Å²) >= 11 is 1.21. The van der Waals surface area contributed by atoms with Gasteiger partial charge in [0.25, 0.3) is 10.0 Å². The number of aryl methyl sites for hydroxylation is 1. The van der Waals surface area contributed by atoms with Gasteiger partial charge >= 0.3 is 11.9 Å². The number of anilines is 2. The van der Waals surface area contributed by atoms with Crippen LogP contribution in [0, 0.1) is 12.8 Å². The van der Waals surface area contributed by atoms with E-state index in [-0.39, 0.29) is 23.9 Å². The number of hydrogen-bond donors (Lipinski definition) is 2. The molecule has 2 rings (SSSR count). The van der Waals surface area contributed by atoms with Crippen molar-refractivity contribution in [2.24, 2.45) is 5.92 Å². The molecule has 0 bridgehead atoms. The molecule has 0 spiro atoms. The van der Waals surface area contributed by atoms with Crippen LogP contribution < -0.4 is 10.0 Å². The van der Waals surface area contributed by atoms with Crippen molar-refractivity contribution in [3.05, 3.63) is 35.2 Å². The third-order valence-electron chi connectivity index (χ3n) is 4.99. The number of hydrogen-bond acceptors (Lipinski definition) is 9. The van der Waals surface area contributed by atoms with E-state index in [1.54, 1.807) is 32.0 Å². The first-order chi connectivity index (χ1) is 16.2. The zero-order chi connectivity index (χ0) is 25.1. The lowest BCUT2D eigenvalue weighted by molar-refractivity contribution is -0.162. The Kier molecular flexibility index (Phi) is 10.8. The van der Waals surface area contributed by atoms with E-state index in [2.05, 4.69) is 21.3 Å². The maximum absolute atomic E-state index is 12.7. The van der Waals surface area contributed by atoms with Gasteiger partial charge < -0.3 is 14.8 Å². The van der Waals surface area contributed by atoms with Crippen LogP contribution >= 0.6 is 11.5 Å². The molecule has 1 atom stereocenters. The number of ether oxygens (including phenoxy) is 2. The van der Waals surface area contributed by atoms with Crippen molar-refractivity contribution in [2.45, 2.75) is 64.3 Å². The quantitative estimate of drug-likeness (QED) is 0.218. The summed E-state index contributed by atoms with van der Waals surface area (Å²) < 4.78 is 42.1. The highest BCUT2D eigenvalue weighted by Crippen LogP contribution is 2.24. The number of aromatic nitrogens is 1. The molecular formula is C23H33N3O6S2. The average Bonchev–Trinajstić information content (AvgIpc) is 3.18. The lowest BCUT2D eigenvalue weighted by Crippen LogP contribution is -2.42. The van der Waals surface area contributed by atoms with Gasteiger partial charge in [0.15, 0.2) is 11.7 Å². The molecule has 0 fully saturated rings.